The van der Waals surface area contributed by atoms with Crippen molar-refractivity contribution in [3.05, 3.63) is 17.7 Å². The molecule has 1 aromatic carbocycles. The molecule has 0 unspecified atom stereocenters. The Morgan fingerprint density at radius 2 is 1.64 bits per heavy atom. The van der Waals surface area contributed by atoms with Gasteiger partial charge in [0.1, 0.15) is 17.2 Å². The van der Waals surface area contributed by atoms with Crippen molar-refractivity contribution in [3.63, 3.8) is 0 Å². The smallest absolute Gasteiger partial charge is 0.128 e. The number of aliphatic hydroxyl groups excluding tert-OH is 1. The normalized spacial score (nSPS) is 12.7. The van der Waals surface area contributed by atoms with Gasteiger partial charge in [-0.25, -0.2) is 0 Å². The summed E-state index contributed by atoms with van der Waals surface area (Å²) < 4.78 is 0. The van der Waals surface area contributed by atoms with E-state index < -0.39 is 6.10 Å². The quantitative estimate of drug-likeness (QED) is 0.477. The minimum Gasteiger partial charge on any atom is -0.508 e. The van der Waals surface area contributed by atoms with Gasteiger partial charge in [0.2, 0.25) is 0 Å². The molecule has 5 heteroatoms. The number of aliphatic hydroxyl groups is 1. The van der Waals surface area contributed by atoms with Crippen LogP contribution in [0.2, 0.25) is 0 Å². The van der Waals surface area contributed by atoms with Gasteiger partial charge >= 0.3 is 0 Å². The molecule has 0 saturated carbocycles. The zero-order valence-corrected chi connectivity index (χ0v) is 7.51. The number of aromatic hydroxyl groups is 3. The molecule has 1 rings (SSSR count). The maximum atomic E-state index is 9.49. The van der Waals surface area contributed by atoms with Gasteiger partial charge in [0.05, 0.1) is 11.7 Å². The van der Waals surface area contributed by atoms with Crippen LogP contribution in [0, 0.1) is 0 Å². The summed E-state index contributed by atoms with van der Waals surface area (Å²) in [5.74, 6) is -0.949. The second kappa shape index (κ2) is 4.17. The zero-order chi connectivity index (χ0) is 10.7. The number of phenolic OH excluding ortho intramolecular Hbond substituents is 3. The van der Waals surface area contributed by atoms with Crippen LogP contribution in [-0.4, -0.2) is 27.0 Å². The first-order valence-electron chi connectivity index (χ1n) is 4.19. The lowest BCUT2D eigenvalue weighted by molar-refractivity contribution is 0.162. The molecule has 78 valence electrons. The molecule has 0 spiro atoms. The van der Waals surface area contributed by atoms with Crippen molar-refractivity contribution >= 4 is 0 Å². The third-order valence-electron chi connectivity index (χ3n) is 1.89. The minimum absolute atomic E-state index is 0.00625. The number of hydrogen-bond donors (Lipinski definition) is 5. The maximum absolute atomic E-state index is 9.49. The topological polar surface area (TPSA) is 107 Å². The number of rotatable bonds is 3. The summed E-state index contributed by atoms with van der Waals surface area (Å²) in [4.78, 5) is 0. The fourth-order valence-corrected chi connectivity index (χ4v) is 1.25. The van der Waals surface area contributed by atoms with E-state index >= 15 is 0 Å². The summed E-state index contributed by atoms with van der Waals surface area (Å²) in [6, 6.07) is 2.10. The van der Waals surface area contributed by atoms with Crippen molar-refractivity contribution in [2.24, 2.45) is 5.73 Å². The van der Waals surface area contributed by atoms with Crippen molar-refractivity contribution in [1.82, 2.24) is 0 Å². The Balaban J connectivity index is 3.07. The van der Waals surface area contributed by atoms with Gasteiger partial charge in [-0.2, -0.15) is 0 Å². The molecule has 0 bridgehead atoms. The van der Waals surface area contributed by atoms with Gasteiger partial charge in [-0.1, -0.05) is 0 Å². The SMILES string of the molecule is NCC[C@@H](O)c1c(O)cc(O)cc1O. The predicted molar refractivity (Wildman–Crippen MR) is 50.1 cm³/mol. The molecule has 6 N–H and O–H groups in total. The maximum Gasteiger partial charge on any atom is 0.128 e. The van der Waals surface area contributed by atoms with E-state index in [2.05, 4.69) is 0 Å². The van der Waals surface area contributed by atoms with Crippen LogP contribution in [0.15, 0.2) is 12.1 Å². The lowest BCUT2D eigenvalue weighted by Crippen LogP contribution is -2.07. The lowest BCUT2D eigenvalue weighted by atomic mass is 10.0. The van der Waals surface area contributed by atoms with E-state index in [-0.39, 0.29) is 35.8 Å². The molecule has 0 aliphatic heterocycles. The van der Waals surface area contributed by atoms with Crippen LogP contribution in [0.4, 0.5) is 0 Å². The Labute approximate surface area is 81.0 Å². The summed E-state index contributed by atoms with van der Waals surface area (Å²) in [6.07, 6.45) is -0.799. The summed E-state index contributed by atoms with van der Waals surface area (Å²) in [5, 5.41) is 37.2. The van der Waals surface area contributed by atoms with Crippen LogP contribution in [0.3, 0.4) is 0 Å². The van der Waals surface area contributed by atoms with Crippen molar-refractivity contribution < 1.29 is 20.4 Å². The molecule has 14 heavy (non-hydrogen) atoms. The van der Waals surface area contributed by atoms with Crippen LogP contribution in [0.25, 0.3) is 0 Å². The van der Waals surface area contributed by atoms with Gasteiger partial charge in [0, 0.05) is 12.1 Å². The van der Waals surface area contributed by atoms with Gasteiger partial charge in [0.25, 0.3) is 0 Å². The van der Waals surface area contributed by atoms with Crippen LogP contribution in [-0.2, 0) is 0 Å². The highest BCUT2D eigenvalue weighted by molar-refractivity contribution is 5.49. The largest absolute Gasteiger partial charge is 0.508 e. The second-order valence-corrected chi connectivity index (χ2v) is 2.99. The summed E-state index contributed by atoms with van der Waals surface area (Å²) in [6.45, 7) is 0.237. The minimum atomic E-state index is -1.03. The predicted octanol–water partition coefficient (Wildman–Crippen LogP) is 0.186. The highest BCUT2D eigenvalue weighted by atomic mass is 16.3. The van der Waals surface area contributed by atoms with Crippen molar-refractivity contribution in [3.8, 4) is 17.2 Å². The molecule has 0 saturated heterocycles. The van der Waals surface area contributed by atoms with Crippen LogP contribution < -0.4 is 5.73 Å². The van der Waals surface area contributed by atoms with E-state index in [1.165, 1.54) is 0 Å². The molecule has 0 aromatic heterocycles. The average Bonchev–Trinajstić information content (AvgIpc) is 2.01. The van der Waals surface area contributed by atoms with E-state index in [9.17, 15) is 15.3 Å². The molecule has 1 aromatic rings. The van der Waals surface area contributed by atoms with Gasteiger partial charge in [-0.05, 0) is 13.0 Å². The molecule has 0 radical (unpaired) electrons. The zero-order valence-electron chi connectivity index (χ0n) is 7.51. The molecule has 5 nitrogen and oxygen atoms in total. The number of phenols is 3. The monoisotopic (exact) mass is 199 g/mol. The Morgan fingerprint density at radius 3 is 2.07 bits per heavy atom. The Bertz CT molecular complexity index is 304. The van der Waals surface area contributed by atoms with Crippen LogP contribution in [0.1, 0.15) is 18.1 Å². The van der Waals surface area contributed by atoms with E-state index in [1.807, 2.05) is 0 Å². The molecule has 0 aliphatic carbocycles. The van der Waals surface area contributed by atoms with Crippen molar-refractivity contribution in [1.29, 1.82) is 0 Å². The molecular formula is C9H13NO4. The molecule has 0 amide bonds. The molecule has 0 aliphatic rings. The molecular weight excluding hydrogens is 186 g/mol. The third kappa shape index (κ3) is 2.07. The number of hydrogen-bond acceptors (Lipinski definition) is 5. The van der Waals surface area contributed by atoms with Crippen LogP contribution in [0.5, 0.6) is 17.2 Å². The van der Waals surface area contributed by atoms with E-state index in [4.69, 9.17) is 10.8 Å². The average molecular weight is 199 g/mol. The lowest BCUT2D eigenvalue weighted by Gasteiger charge is -2.13. The van der Waals surface area contributed by atoms with Gasteiger partial charge in [-0.15, -0.1) is 0 Å². The standard InChI is InChI=1S/C9H13NO4/c10-2-1-6(12)9-7(13)3-5(11)4-8(9)14/h3-4,6,11-14H,1-2,10H2/t6-/m1/s1. The van der Waals surface area contributed by atoms with Crippen molar-refractivity contribution in [2.75, 3.05) is 6.54 Å². The molecule has 0 fully saturated rings. The number of benzene rings is 1. The Kier molecular flexibility index (Phi) is 3.16. The first kappa shape index (κ1) is 10.6. The highest BCUT2D eigenvalue weighted by Crippen LogP contribution is 2.37. The fraction of sp³-hybridized carbons (Fsp3) is 0.333. The van der Waals surface area contributed by atoms with E-state index in [0.717, 1.165) is 12.1 Å². The summed E-state index contributed by atoms with van der Waals surface area (Å²) in [7, 11) is 0. The van der Waals surface area contributed by atoms with Gasteiger partial charge < -0.3 is 26.2 Å². The fourth-order valence-electron chi connectivity index (χ4n) is 1.25. The van der Waals surface area contributed by atoms with Crippen LogP contribution >= 0.6 is 0 Å². The van der Waals surface area contributed by atoms with E-state index in [0.29, 0.717) is 0 Å². The van der Waals surface area contributed by atoms with Gasteiger partial charge in [-0.3, -0.25) is 0 Å². The first-order valence-corrected chi connectivity index (χ1v) is 4.19. The summed E-state index contributed by atoms with van der Waals surface area (Å²) >= 11 is 0. The second-order valence-electron chi connectivity index (χ2n) is 2.99. The van der Waals surface area contributed by atoms with Crippen molar-refractivity contribution in [2.45, 2.75) is 12.5 Å². The highest BCUT2D eigenvalue weighted by Gasteiger charge is 2.17. The number of nitrogens with two attached hydrogens (primary N) is 1. The Hall–Kier alpha value is -1.46. The summed E-state index contributed by atoms with van der Waals surface area (Å²) in [5.41, 5.74) is 5.22. The first-order chi connectivity index (χ1) is 6.56. The molecule has 0 heterocycles. The molecule has 1 atom stereocenters. The van der Waals surface area contributed by atoms with Gasteiger partial charge in [0.15, 0.2) is 0 Å². The van der Waals surface area contributed by atoms with E-state index in [1.54, 1.807) is 0 Å². The third-order valence-corrected chi connectivity index (χ3v) is 1.89. The Morgan fingerprint density at radius 1 is 1.14 bits per heavy atom.